The number of hydrogen-bond acceptors (Lipinski definition) is 3. The van der Waals surface area contributed by atoms with Gasteiger partial charge in [-0.25, -0.2) is 0 Å². The third-order valence-corrected chi connectivity index (χ3v) is 3.02. The van der Waals surface area contributed by atoms with Crippen LogP contribution in [0.5, 0.6) is 0 Å². The summed E-state index contributed by atoms with van der Waals surface area (Å²) in [7, 11) is 3.71. The van der Waals surface area contributed by atoms with Crippen LogP contribution in [0.4, 0.5) is 0 Å². The Kier molecular flexibility index (Phi) is 4.96. The van der Waals surface area contributed by atoms with Gasteiger partial charge >= 0.3 is 0 Å². The van der Waals surface area contributed by atoms with E-state index in [9.17, 15) is 0 Å². The van der Waals surface area contributed by atoms with Crippen LogP contribution in [0.2, 0.25) is 0 Å². The monoisotopic (exact) mass is 225 g/mol. The molecule has 0 aromatic carbocycles. The number of nitrogens with zero attached hydrogens (tertiary/aromatic N) is 2. The lowest BCUT2D eigenvalue weighted by Gasteiger charge is -2.11. The first-order chi connectivity index (χ1) is 7.61. The fourth-order valence-corrected chi connectivity index (χ4v) is 2.06. The molecule has 0 aliphatic carbocycles. The van der Waals surface area contributed by atoms with Gasteiger partial charge in [-0.05, 0) is 34.2 Å². The Hall–Kier alpha value is -0.870. The standard InChI is InChI=1S/C12H23N3O/c1-9(13-4)12-10(2)14-15(11(12)3)7-6-8-16-5/h9,13H,6-8H2,1-5H3. The summed E-state index contributed by atoms with van der Waals surface area (Å²) in [5, 5.41) is 7.84. The molecule has 0 fully saturated rings. The molecule has 1 aromatic heterocycles. The van der Waals surface area contributed by atoms with Gasteiger partial charge < -0.3 is 10.1 Å². The normalized spacial score (nSPS) is 13.1. The van der Waals surface area contributed by atoms with E-state index in [2.05, 4.69) is 35.9 Å². The molecule has 4 heteroatoms. The summed E-state index contributed by atoms with van der Waals surface area (Å²) >= 11 is 0. The number of methoxy groups -OCH3 is 1. The van der Waals surface area contributed by atoms with Crippen LogP contribution < -0.4 is 5.32 Å². The maximum absolute atomic E-state index is 5.06. The second-order valence-electron chi connectivity index (χ2n) is 4.16. The summed E-state index contributed by atoms with van der Waals surface area (Å²) in [6.45, 7) is 8.09. The molecule has 0 radical (unpaired) electrons. The van der Waals surface area contributed by atoms with Crippen molar-refractivity contribution < 1.29 is 4.74 Å². The lowest BCUT2D eigenvalue weighted by atomic mass is 10.1. The van der Waals surface area contributed by atoms with Gasteiger partial charge in [0.25, 0.3) is 0 Å². The Morgan fingerprint density at radius 3 is 2.69 bits per heavy atom. The second kappa shape index (κ2) is 6.01. The Morgan fingerprint density at radius 1 is 1.44 bits per heavy atom. The molecule has 4 nitrogen and oxygen atoms in total. The highest BCUT2D eigenvalue weighted by molar-refractivity contribution is 5.27. The van der Waals surface area contributed by atoms with Crippen LogP contribution in [0.3, 0.4) is 0 Å². The van der Waals surface area contributed by atoms with E-state index >= 15 is 0 Å². The molecule has 1 rings (SSSR count). The zero-order valence-electron chi connectivity index (χ0n) is 11.0. The number of rotatable bonds is 6. The maximum atomic E-state index is 5.06. The van der Waals surface area contributed by atoms with Crippen molar-refractivity contribution in [3.8, 4) is 0 Å². The number of aromatic nitrogens is 2. The Bertz CT molecular complexity index is 333. The van der Waals surface area contributed by atoms with Crippen LogP contribution >= 0.6 is 0 Å². The second-order valence-corrected chi connectivity index (χ2v) is 4.16. The molecule has 1 aromatic rings. The average molecular weight is 225 g/mol. The van der Waals surface area contributed by atoms with Gasteiger partial charge in [0.05, 0.1) is 5.69 Å². The molecular weight excluding hydrogens is 202 g/mol. The zero-order valence-corrected chi connectivity index (χ0v) is 11.0. The van der Waals surface area contributed by atoms with E-state index in [1.165, 1.54) is 11.3 Å². The molecule has 1 heterocycles. The topological polar surface area (TPSA) is 39.1 Å². The van der Waals surface area contributed by atoms with Crippen LogP contribution in [-0.2, 0) is 11.3 Å². The molecule has 0 saturated carbocycles. The molecule has 0 aliphatic rings. The van der Waals surface area contributed by atoms with Crippen molar-refractivity contribution in [2.24, 2.45) is 0 Å². The Balaban J connectivity index is 2.80. The van der Waals surface area contributed by atoms with E-state index in [-0.39, 0.29) is 0 Å². The maximum Gasteiger partial charge on any atom is 0.0644 e. The van der Waals surface area contributed by atoms with Gasteiger partial charge in [0.15, 0.2) is 0 Å². The fourth-order valence-electron chi connectivity index (χ4n) is 2.06. The van der Waals surface area contributed by atoms with E-state index in [0.29, 0.717) is 6.04 Å². The lowest BCUT2D eigenvalue weighted by Crippen LogP contribution is -2.14. The van der Waals surface area contributed by atoms with Crippen molar-refractivity contribution in [1.29, 1.82) is 0 Å². The van der Waals surface area contributed by atoms with E-state index in [1.807, 2.05) is 7.05 Å². The quantitative estimate of drug-likeness (QED) is 0.751. The van der Waals surface area contributed by atoms with E-state index in [1.54, 1.807) is 7.11 Å². The summed E-state index contributed by atoms with van der Waals surface area (Å²) in [6.07, 6.45) is 1.01. The molecule has 1 N–H and O–H groups in total. The smallest absolute Gasteiger partial charge is 0.0644 e. The highest BCUT2D eigenvalue weighted by Gasteiger charge is 2.15. The van der Waals surface area contributed by atoms with E-state index in [0.717, 1.165) is 25.3 Å². The molecule has 0 aliphatic heterocycles. The minimum Gasteiger partial charge on any atom is -0.385 e. The molecule has 0 bridgehead atoms. The number of aryl methyl sites for hydroxylation is 2. The van der Waals surface area contributed by atoms with Crippen molar-refractivity contribution in [3.63, 3.8) is 0 Å². The SMILES string of the molecule is CNC(C)c1c(C)nn(CCCOC)c1C. The first kappa shape index (κ1) is 13.2. The first-order valence-corrected chi connectivity index (χ1v) is 5.82. The Labute approximate surface area is 98.0 Å². The molecule has 92 valence electrons. The summed E-state index contributed by atoms with van der Waals surface area (Å²) in [5.74, 6) is 0. The fraction of sp³-hybridized carbons (Fsp3) is 0.750. The van der Waals surface area contributed by atoms with Gasteiger partial charge in [0.2, 0.25) is 0 Å². The predicted octanol–water partition coefficient (Wildman–Crippen LogP) is 1.82. The minimum absolute atomic E-state index is 0.358. The summed E-state index contributed by atoms with van der Waals surface area (Å²) < 4.78 is 7.14. The van der Waals surface area contributed by atoms with E-state index in [4.69, 9.17) is 4.74 Å². The highest BCUT2D eigenvalue weighted by Crippen LogP contribution is 2.20. The van der Waals surface area contributed by atoms with Gasteiger partial charge in [-0.2, -0.15) is 5.10 Å². The largest absolute Gasteiger partial charge is 0.385 e. The third kappa shape index (κ3) is 2.83. The predicted molar refractivity (Wildman–Crippen MR) is 65.7 cm³/mol. The van der Waals surface area contributed by atoms with Crippen LogP contribution in [0.25, 0.3) is 0 Å². The molecule has 0 spiro atoms. The summed E-state index contributed by atoms with van der Waals surface area (Å²) in [6, 6.07) is 0.358. The van der Waals surface area contributed by atoms with Crippen molar-refractivity contribution in [2.45, 2.75) is 39.8 Å². The average Bonchev–Trinajstić information content (AvgIpc) is 2.54. The third-order valence-electron chi connectivity index (χ3n) is 3.02. The zero-order chi connectivity index (χ0) is 12.1. The number of hydrogen-bond donors (Lipinski definition) is 1. The lowest BCUT2D eigenvalue weighted by molar-refractivity contribution is 0.188. The first-order valence-electron chi connectivity index (χ1n) is 5.82. The van der Waals surface area contributed by atoms with Crippen LogP contribution in [0.1, 0.15) is 36.3 Å². The number of nitrogens with one attached hydrogen (secondary N) is 1. The van der Waals surface area contributed by atoms with E-state index < -0.39 is 0 Å². The molecule has 0 amide bonds. The van der Waals surface area contributed by atoms with Gasteiger partial charge in [0.1, 0.15) is 0 Å². The van der Waals surface area contributed by atoms with Crippen LogP contribution in [0.15, 0.2) is 0 Å². The minimum atomic E-state index is 0.358. The molecule has 0 saturated heterocycles. The summed E-state index contributed by atoms with van der Waals surface area (Å²) in [4.78, 5) is 0. The van der Waals surface area contributed by atoms with Crippen molar-refractivity contribution >= 4 is 0 Å². The number of ether oxygens (including phenoxy) is 1. The van der Waals surface area contributed by atoms with Gasteiger partial charge in [-0.3, -0.25) is 4.68 Å². The molecule has 1 unspecified atom stereocenters. The Morgan fingerprint density at radius 2 is 2.12 bits per heavy atom. The molecular formula is C12H23N3O. The van der Waals surface area contributed by atoms with Crippen molar-refractivity contribution in [1.82, 2.24) is 15.1 Å². The molecule has 16 heavy (non-hydrogen) atoms. The highest BCUT2D eigenvalue weighted by atomic mass is 16.5. The van der Waals surface area contributed by atoms with Crippen LogP contribution in [0, 0.1) is 13.8 Å². The van der Waals surface area contributed by atoms with Crippen molar-refractivity contribution in [2.75, 3.05) is 20.8 Å². The van der Waals surface area contributed by atoms with Gasteiger partial charge in [-0.1, -0.05) is 0 Å². The summed E-state index contributed by atoms with van der Waals surface area (Å²) in [5.41, 5.74) is 3.70. The molecule has 1 atom stereocenters. The van der Waals surface area contributed by atoms with Gasteiger partial charge in [-0.15, -0.1) is 0 Å². The van der Waals surface area contributed by atoms with Crippen molar-refractivity contribution in [3.05, 3.63) is 17.0 Å². The van der Waals surface area contributed by atoms with Crippen LogP contribution in [-0.4, -0.2) is 30.5 Å². The van der Waals surface area contributed by atoms with Gasteiger partial charge in [0, 0.05) is 37.6 Å².